The zero-order chi connectivity index (χ0) is 41.3. The minimum atomic E-state index is -1.13. The number of allylic oxidation sites excluding steroid dienone is 4. The monoisotopic (exact) mass is 792 g/mol. The summed E-state index contributed by atoms with van der Waals surface area (Å²) in [6.07, 6.45) is 17.1. The molecule has 1 amide bonds. The molecule has 2 aliphatic carbocycles. The van der Waals surface area contributed by atoms with Crippen molar-refractivity contribution < 1.29 is 44.6 Å². The van der Waals surface area contributed by atoms with Crippen LogP contribution < -0.4 is 5.32 Å². The van der Waals surface area contributed by atoms with Gasteiger partial charge in [-0.05, 0) is 101 Å². The number of hydrogen-bond acceptors (Lipinski definition) is 9. The van der Waals surface area contributed by atoms with E-state index in [0.717, 1.165) is 109 Å². The first-order chi connectivity index (χ1) is 27.5. The number of aryl methyl sites for hydroxylation is 2. The van der Waals surface area contributed by atoms with Crippen LogP contribution in [0.1, 0.15) is 160 Å². The maximum atomic E-state index is 13.3. The standard InChI is InChI=1S/C23H33NO4.C19H26O4.C4H9NO/c1-3-4-5-8-18-15-19(25)20(17-9-6-7-16(2)14-17)22(26)21(18)23(27)24-10-12-28-13-11-24;1-3-4-5-8-14-11-15(20)16(18(21)17(14)19(22)23)13-9-6-7-12(2)10-13;1-3-6-4-2-5-1/h14-15,17,25-26H,3-13H2,1-2H3;10-11,13,20-21H,3-9H2,1-2H3,(H,22,23);5H,1-4H2. The molecule has 11 heteroatoms. The Balaban J connectivity index is 0.000000223. The second-order valence-corrected chi connectivity index (χ2v) is 15.9. The summed E-state index contributed by atoms with van der Waals surface area (Å²) in [7, 11) is 0. The predicted octanol–water partition coefficient (Wildman–Crippen LogP) is 8.87. The van der Waals surface area contributed by atoms with E-state index in [0.29, 0.717) is 61.4 Å². The lowest BCUT2D eigenvalue weighted by Gasteiger charge is -2.29. The summed E-state index contributed by atoms with van der Waals surface area (Å²) in [5.41, 5.74) is 4.94. The van der Waals surface area contributed by atoms with Crippen molar-refractivity contribution in [3.05, 3.63) is 68.8 Å². The normalized spacial score (nSPS) is 19.6. The molecule has 0 saturated carbocycles. The van der Waals surface area contributed by atoms with Gasteiger partial charge in [0.25, 0.3) is 5.91 Å². The molecule has 0 spiro atoms. The van der Waals surface area contributed by atoms with E-state index in [1.165, 1.54) is 17.2 Å². The molecule has 57 heavy (non-hydrogen) atoms. The van der Waals surface area contributed by atoms with Crippen LogP contribution in [0, 0.1) is 0 Å². The number of benzene rings is 2. The Kier molecular flexibility index (Phi) is 18.7. The first-order valence-electron chi connectivity index (χ1n) is 21.4. The van der Waals surface area contributed by atoms with Gasteiger partial charge >= 0.3 is 5.97 Å². The van der Waals surface area contributed by atoms with Gasteiger partial charge in [-0.25, -0.2) is 4.79 Å². The fourth-order valence-corrected chi connectivity index (χ4v) is 8.30. The van der Waals surface area contributed by atoms with Crippen molar-refractivity contribution in [3.8, 4) is 23.0 Å². The zero-order valence-electron chi connectivity index (χ0n) is 34.8. The molecule has 2 atom stereocenters. The molecule has 316 valence electrons. The van der Waals surface area contributed by atoms with Gasteiger partial charge in [0.1, 0.15) is 28.6 Å². The first kappa shape index (κ1) is 45.6. The third kappa shape index (κ3) is 13.0. The van der Waals surface area contributed by atoms with Crippen molar-refractivity contribution in [2.75, 3.05) is 52.6 Å². The summed E-state index contributed by atoms with van der Waals surface area (Å²) >= 11 is 0. The SMILES string of the molecule is C1COCCN1.CCCCCc1cc(O)c(C2C=C(C)CCC2)c(O)c1C(=O)N1CCOCC1.CCCCCc1cc(O)c(C2C=C(C)CCC2)c(O)c1C(=O)O. The van der Waals surface area contributed by atoms with Crippen molar-refractivity contribution in [2.45, 2.75) is 129 Å². The number of carbonyl (C=O) groups excluding carboxylic acids is 1. The van der Waals surface area contributed by atoms with Crippen LogP contribution in [0.4, 0.5) is 0 Å². The van der Waals surface area contributed by atoms with Crippen LogP contribution in [0.2, 0.25) is 0 Å². The van der Waals surface area contributed by atoms with Gasteiger partial charge in [0, 0.05) is 49.1 Å². The van der Waals surface area contributed by atoms with Gasteiger partial charge in [-0.3, -0.25) is 4.79 Å². The topological polar surface area (TPSA) is 169 Å². The number of morpholine rings is 2. The number of carboxylic acid groups (broad SMARTS) is 1. The number of carboxylic acids is 1. The highest BCUT2D eigenvalue weighted by molar-refractivity contribution is 5.99. The first-order valence-corrected chi connectivity index (χ1v) is 21.4. The van der Waals surface area contributed by atoms with E-state index in [2.05, 4.69) is 32.2 Å². The number of amides is 1. The molecule has 4 aliphatic rings. The Morgan fingerprint density at radius 3 is 1.56 bits per heavy atom. The summed E-state index contributed by atoms with van der Waals surface area (Å²) in [6.45, 7) is 14.3. The molecule has 11 nitrogen and oxygen atoms in total. The van der Waals surface area contributed by atoms with E-state index in [1.807, 2.05) is 13.0 Å². The van der Waals surface area contributed by atoms with Gasteiger partial charge < -0.3 is 45.2 Å². The number of ether oxygens (including phenoxy) is 2. The second-order valence-electron chi connectivity index (χ2n) is 15.9. The van der Waals surface area contributed by atoms with Crippen LogP contribution in [0.3, 0.4) is 0 Å². The molecule has 2 aromatic rings. The Labute approximate surface area is 339 Å². The van der Waals surface area contributed by atoms with Crippen LogP contribution in [0.15, 0.2) is 35.4 Å². The smallest absolute Gasteiger partial charge is 0.339 e. The largest absolute Gasteiger partial charge is 0.507 e. The molecule has 2 unspecified atom stereocenters. The Morgan fingerprint density at radius 2 is 1.16 bits per heavy atom. The van der Waals surface area contributed by atoms with Crippen LogP contribution in [-0.4, -0.2) is 94.9 Å². The molecule has 2 saturated heterocycles. The number of nitrogens with zero attached hydrogens (tertiary/aromatic N) is 1. The molecular weight excluding hydrogens is 725 g/mol. The molecule has 6 rings (SSSR count). The lowest BCUT2D eigenvalue weighted by atomic mass is 9.83. The second kappa shape index (κ2) is 23.4. The van der Waals surface area contributed by atoms with E-state index in [1.54, 1.807) is 11.0 Å². The highest BCUT2D eigenvalue weighted by Gasteiger charge is 2.31. The Bertz CT molecular complexity index is 1680. The van der Waals surface area contributed by atoms with Crippen LogP contribution in [-0.2, 0) is 22.3 Å². The molecule has 2 aromatic carbocycles. The lowest BCUT2D eigenvalue weighted by molar-refractivity contribution is 0.0300. The number of unbranched alkanes of at least 4 members (excludes halogenated alkanes) is 4. The molecule has 0 bridgehead atoms. The van der Waals surface area contributed by atoms with Crippen molar-refractivity contribution in [3.63, 3.8) is 0 Å². The molecule has 6 N–H and O–H groups in total. The summed E-state index contributed by atoms with van der Waals surface area (Å²) in [6, 6.07) is 3.25. The average Bonchev–Trinajstić information content (AvgIpc) is 3.19. The number of nitrogens with one attached hydrogen (secondary N) is 1. The fraction of sp³-hybridized carbons (Fsp3) is 0.609. The summed E-state index contributed by atoms with van der Waals surface area (Å²) in [5, 5.41) is 55.5. The number of carbonyl (C=O) groups is 2. The lowest BCUT2D eigenvalue weighted by Crippen LogP contribution is -2.41. The number of aromatic carboxylic acids is 1. The summed E-state index contributed by atoms with van der Waals surface area (Å²) in [5.74, 6) is -1.62. The van der Waals surface area contributed by atoms with E-state index in [4.69, 9.17) is 9.47 Å². The van der Waals surface area contributed by atoms with Crippen molar-refractivity contribution in [1.29, 1.82) is 0 Å². The van der Waals surface area contributed by atoms with Crippen LogP contribution >= 0.6 is 0 Å². The zero-order valence-corrected chi connectivity index (χ0v) is 34.8. The van der Waals surface area contributed by atoms with Gasteiger partial charge in [-0.1, -0.05) is 62.8 Å². The number of phenols is 4. The molecule has 2 fully saturated rings. The molecule has 2 aliphatic heterocycles. The molecule has 0 radical (unpaired) electrons. The Hall–Kier alpha value is -4.06. The third-order valence-electron chi connectivity index (χ3n) is 11.4. The minimum Gasteiger partial charge on any atom is -0.507 e. The highest BCUT2D eigenvalue weighted by atomic mass is 16.5. The van der Waals surface area contributed by atoms with Gasteiger partial charge in [0.15, 0.2) is 0 Å². The van der Waals surface area contributed by atoms with Crippen molar-refractivity contribution in [1.82, 2.24) is 10.2 Å². The summed E-state index contributed by atoms with van der Waals surface area (Å²) in [4.78, 5) is 26.7. The number of aromatic hydroxyl groups is 4. The average molecular weight is 793 g/mol. The maximum absolute atomic E-state index is 13.3. The van der Waals surface area contributed by atoms with E-state index >= 15 is 0 Å². The Morgan fingerprint density at radius 1 is 0.702 bits per heavy atom. The molecular formula is C46H68N2O9. The van der Waals surface area contributed by atoms with Gasteiger partial charge in [-0.2, -0.15) is 0 Å². The number of rotatable bonds is 12. The van der Waals surface area contributed by atoms with E-state index < -0.39 is 5.97 Å². The summed E-state index contributed by atoms with van der Waals surface area (Å²) < 4.78 is 10.4. The van der Waals surface area contributed by atoms with E-state index in [9.17, 15) is 35.1 Å². The highest BCUT2D eigenvalue weighted by Crippen LogP contribution is 2.45. The fourth-order valence-electron chi connectivity index (χ4n) is 8.30. The van der Waals surface area contributed by atoms with Gasteiger partial charge in [0.05, 0.1) is 32.0 Å². The molecule has 0 aromatic heterocycles. The van der Waals surface area contributed by atoms with Crippen LogP contribution in [0.25, 0.3) is 0 Å². The van der Waals surface area contributed by atoms with E-state index in [-0.39, 0.29) is 46.3 Å². The number of hydrogen-bond donors (Lipinski definition) is 6. The van der Waals surface area contributed by atoms with Gasteiger partial charge in [0.2, 0.25) is 0 Å². The van der Waals surface area contributed by atoms with Crippen LogP contribution in [0.5, 0.6) is 23.0 Å². The quantitative estimate of drug-likeness (QED) is 0.0902. The number of phenolic OH excluding ortho intramolecular Hbond substituents is 3. The molecule has 2 heterocycles. The third-order valence-corrected chi connectivity index (χ3v) is 11.4. The van der Waals surface area contributed by atoms with Crippen molar-refractivity contribution >= 4 is 11.9 Å². The van der Waals surface area contributed by atoms with Gasteiger partial charge in [-0.15, -0.1) is 0 Å². The predicted molar refractivity (Wildman–Crippen MR) is 224 cm³/mol. The maximum Gasteiger partial charge on any atom is 0.339 e. The van der Waals surface area contributed by atoms with Crippen molar-refractivity contribution in [2.24, 2.45) is 0 Å². The minimum absolute atomic E-state index is 0.00921.